The number of hydrogen-bond acceptors (Lipinski definition) is 3. The molecule has 2 heterocycles. The van der Waals surface area contributed by atoms with E-state index in [4.69, 9.17) is 16.6 Å². The van der Waals surface area contributed by atoms with Crippen LogP contribution < -0.4 is 10.5 Å². The smallest absolute Gasteiger partial charge is 0.265 e. The van der Waals surface area contributed by atoms with Crippen LogP contribution in [0.15, 0.2) is 71.5 Å². The molecular formula is C25H20ClN3O2. The van der Waals surface area contributed by atoms with Crippen molar-refractivity contribution in [1.82, 2.24) is 9.55 Å². The number of nitrogens with zero attached hydrogens (tertiary/aromatic N) is 3. The second kappa shape index (κ2) is 7.36. The van der Waals surface area contributed by atoms with E-state index in [9.17, 15) is 9.59 Å². The van der Waals surface area contributed by atoms with Crippen LogP contribution in [0.4, 0.5) is 5.69 Å². The Morgan fingerprint density at radius 3 is 2.52 bits per heavy atom. The highest BCUT2D eigenvalue weighted by atomic mass is 35.5. The number of hydrogen-bond donors (Lipinski definition) is 0. The van der Waals surface area contributed by atoms with E-state index >= 15 is 0 Å². The van der Waals surface area contributed by atoms with Crippen LogP contribution >= 0.6 is 11.6 Å². The minimum absolute atomic E-state index is 0.00524. The summed E-state index contributed by atoms with van der Waals surface area (Å²) < 4.78 is 1.60. The maximum atomic E-state index is 13.4. The average molecular weight is 430 g/mol. The Morgan fingerprint density at radius 1 is 1.00 bits per heavy atom. The molecule has 1 amide bonds. The summed E-state index contributed by atoms with van der Waals surface area (Å²) in [6, 6.07) is 20.4. The molecule has 31 heavy (non-hydrogen) atoms. The summed E-state index contributed by atoms with van der Waals surface area (Å²) in [6.45, 7) is 2.01. The molecule has 1 atom stereocenters. The van der Waals surface area contributed by atoms with Crippen molar-refractivity contribution >= 4 is 34.1 Å². The highest BCUT2D eigenvalue weighted by molar-refractivity contribution is 6.30. The summed E-state index contributed by atoms with van der Waals surface area (Å²) in [6.07, 6.45) is 0.322. The Hall–Kier alpha value is -3.44. The number of carbonyl (C=O) groups is 1. The van der Waals surface area contributed by atoms with Gasteiger partial charge in [-0.25, -0.2) is 4.98 Å². The van der Waals surface area contributed by atoms with Crippen molar-refractivity contribution in [2.75, 3.05) is 11.9 Å². The van der Waals surface area contributed by atoms with Gasteiger partial charge in [-0.3, -0.25) is 14.2 Å². The number of fused-ring (bicyclic) bond motifs is 2. The van der Waals surface area contributed by atoms with Crippen LogP contribution in [-0.4, -0.2) is 22.5 Å². The first-order valence-corrected chi connectivity index (χ1v) is 10.5. The lowest BCUT2D eigenvalue weighted by Gasteiger charge is -2.17. The maximum absolute atomic E-state index is 13.4. The molecule has 4 aromatic rings. The molecule has 0 N–H and O–H groups in total. The molecule has 3 aromatic carbocycles. The van der Waals surface area contributed by atoms with Crippen LogP contribution in [0.25, 0.3) is 16.6 Å². The van der Waals surface area contributed by atoms with Crippen LogP contribution in [0, 0.1) is 6.92 Å². The molecule has 1 aliphatic rings. The summed E-state index contributed by atoms with van der Waals surface area (Å²) in [4.78, 5) is 33.1. The zero-order chi connectivity index (χ0) is 21.7. The summed E-state index contributed by atoms with van der Waals surface area (Å²) >= 11 is 6.06. The molecular weight excluding hydrogens is 410 g/mol. The zero-order valence-electron chi connectivity index (χ0n) is 17.2. The van der Waals surface area contributed by atoms with Crippen LogP contribution in [-0.2, 0) is 11.2 Å². The van der Waals surface area contributed by atoms with Crippen LogP contribution in [0.3, 0.4) is 0 Å². The minimum Gasteiger partial charge on any atom is -0.315 e. The zero-order valence-corrected chi connectivity index (χ0v) is 17.9. The third-order valence-electron chi connectivity index (χ3n) is 5.87. The van der Waals surface area contributed by atoms with E-state index in [1.807, 2.05) is 43.3 Å². The SMILES string of the molecule is Cc1ccc2c(c1)C(Cc1nc3ccccc3c(=O)n1-c1ccc(Cl)cc1)C(=O)N2C. The first-order valence-electron chi connectivity index (χ1n) is 10.1. The number of para-hydroxylation sites is 1. The Bertz CT molecular complexity index is 1390. The standard InChI is InChI=1S/C25H20ClN3O2/c1-15-7-12-22-19(13-15)20(24(30)28(22)2)14-23-27-21-6-4-3-5-18(21)25(31)29(23)17-10-8-16(26)9-11-17/h3-13,20H,14H2,1-2H3. The molecule has 0 spiro atoms. The molecule has 1 aromatic heterocycles. The third-order valence-corrected chi connectivity index (χ3v) is 6.12. The average Bonchev–Trinajstić information content (AvgIpc) is 2.99. The summed E-state index contributed by atoms with van der Waals surface area (Å²) in [5.74, 6) is 0.157. The molecule has 0 saturated heterocycles. The van der Waals surface area contributed by atoms with Gasteiger partial charge in [-0.2, -0.15) is 0 Å². The molecule has 0 aliphatic carbocycles. The van der Waals surface area contributed by atoms with Crippen molar-refractivity contribution in [1.29, 1.82) is 0 Å². The molecule has 6 heteroatoms. The van der Waals surface area contributed by atoms with Gasteiger partial charge in [-0.1, -0.05) is 41.4 Å². The van der Waals surface area contributed by atoms with Crippen molar-refractivity contribution in [3.8, 4) is 5.69 Å². The van der Waals surface area contributed by atoms with Crippen molar-refractivity contribution in [2.24, 2.45) is 0 Å². The number of likely N-dealkylation sites (N-methyl/N-ethyl adjacent to an activating group) is 1. The Morgan fingerprint density at radius 2 is 1.74 bits per heavy atom. The molecule has 0 bridgehead atoms. The molecule has 5 nitrogen and oxygen atoms in total. The number of benzene rings is 3. The highest BCUT2D eigenvalue weighted by Crippen LogP contribution is 2.38. The molecule has 0 saturated carbocycles. The summed E-state index contributed by atoms with van der Waals surface area (Å²) in [5, 5.41) is 1.12. The second-order valence-corrected chi connectivity index (χ2v) is 8.31. The third kappa shape index (κ3) is 3.22. The van der Waals surface area contributed by atoms with Crippen molar-refractivity contribution in [3.05, 3.63) is 99.1 Å². The Kier molecular flexibility index (Phi) is 4.63. The number of rotatable bonds is 3. The number of aromatic nitrogens is 2. The summed E-state index contributed by atoms with van der Waals surface area (Å²) in [5.41, 5.74) is 4.10. The fourth-order valence-electron chi connectivity index (χ4n) is 4.30. The first-order chi connectivity index (χ1) is 14.9. The fraction of sp³-hybridized carbons (Fsp3) is 0.160. The number of anilines is 1. The predicted octanol–water partition coefficient (Wildman–Crippen LogP) is 4.65. The number of amides is 1. The monoisotopic (exact) mass is 429 g/mol. The molecule has 1 aliphatic heterocycles. The number of halogens is 1. The van der Waals surface area contributed by atoms with Gasteiger partial charge in [0.2, 0.25) is 5.91 Å². The van der Waals surface area contributed by atoms with Gasteiger partial charge in [0.1, 0.15) is 5.82 Å². The van der Waals surface area contributed by atoms with E-state index < -0.39 is 5.92 Å². The minimum atomic E-state index is -0.397. The predicted molar refractivity (Wildman–Crippen MR) is 123 cm³/mol. The van der Waals surface area contributed by atoms with Gasteiger partial charge < -0.3 is 4.90 Å². The van der Waals surface area contributed by atoms with Crippen LogP contribution in [0.1, 0.15) is 22.9 Å². The van der Waals surface area contributed by atoms with E-state index in [1.165, 1.54) is 0 Å². The van der Waals surface area contributed by atoms with Gasteiger partial charge in [-0.05, 0) is 55.0 Å². The molecule has 0 radical (unpaired) electrons. The van der Waals surface area contributed by atoms with Crippen molar-refractivity contribution in [3.63, 3.8) is 0 Å². The molecule has 5 rings (SSSR count). The normalized spacial score (nSPS) is 15.5. The lowest BCUT2D eigenvalue weighted by atomic mass is 9.95. The van der Waals surface area contributed by atoms with Crippen molar-refractivity contribution in [2.45, 2.75) is 19.3 Å². The maximum Gasteiger partial charge on any atom is 0.265 e. The lowest BCUT2D eigenvalue weighted by Crippen LogP contribution is -2.29. The second-order valence-electron chi connectivity index (χ2n) is 7.88. The van der Waals surface area contributed by atoms with Gasteiger partial charge in [0.05, 0.1) is 22.5 Å². The van der Waals surface area contributed by atoms with Gasteiger partial charge in [0, 0.05) is 24.2 Å². The summed E-state index contributed by atoms with van der Waals surface area (Å²) in [7, 11) is 1.79. The van der Waals surface area contributed by atoms with E-state index in [1.54, 1.807) is 46.8 Å². The first kappa shape index (κ1) is 19.5. The number of carbonyl (C=O) groups excluding carboxylic acids is 1. The number of aryl methyl sites for hydroxylation is 1. The van der Waals surface area contributed by atoms with Crippen LogP contribution in [0.2, 0.25) is 5.02 Å². The fourth-order valence-corrected chi connectivity index (χ4v) is 4.42. The van der Waals surface area contributed by atoms with Gasteiger partial charge in [0.15, 0.2) is 0 Å². The van der Waals surface area contributed by atoms with Gasteiger partial charge in [-0.15, -0.1) is 0 Å². The van der Waals surface area contributed by atoms with Gasteiger partial charge >= 0.3 is 0 Å². The quantitative estimate of drug-likeness (QED) is 0.476. The molecule has 1 unspecified atom stereocenters. The van der Waals surface area contributed by atoms with E-state index in [0.29, 0.717) is 33.9 Å². The molecule has 0 fully saturated rings. The molecule has 154 valence electrons. The largest absolute Gasteiger partial charge is 0.315 e. The van der Waals surface area contributed by atoms with E-state index in [2.05, 4.69) is 0 Å². The topological polar surface area (TPSA) is 55.2 Å². The van der Waals surface area contributed by atoms with Crippen molar-refractivity contribution < 1.29 is 4.79 Å². The Balaban J connectivity index is 1.71. The van der Waals surface area contributed by atoms with E-state index in [-0.39, 0.29) is 11.5 Å². The van der Waals surface area contributed by atoms with Gasteiger partial charge in [0.25, 0.3) is 5.56 Å². The lowest BCUT2D eigenvalue weighted by molar-refractivity contribution is -0.119. The van der Waals surface area contributed by atoms with Crippen LogP contribution in [0.5, 0.6) is 0 Å². The highest BCUT2D eigenvalue weighted by Gasteiger charge is 2.36. The van der Waals surface area contributed by atoms with E-state index in [0.717, 1.165) is 16.8 Å². The Labute approximate surface area is 184 Å².